The van der Waals surface area contributed by atoms with Crippen LogP contribution >= 0.6 is 11.6 Å². The Labute approximate surface area is 181 Å². The average Bonchev–Trinajstić information content (AvgIpc) is 2.74. The van der Waals surface area contributed by atoms with Crippen molar-refractivity contribution in [3.63, 3.8) is 0 Å². The fourth-order valence-corrected chi connectivity index (χ4v) is 3.73. The molecule has 0 saturated carbocycles. The summed E-state index contributed by atoms with van der Waals surface area (Å²) in [5, 5.41) is 6.21. The van der Waals surface area contributed by atoms with Gasteiger partial charge in [-0.3, -0.25) is 19.3 Å². The highest BCUT2D eigenvalue weighted by Crippen LogP contribution is 2.23. The van der Waals surface area contributed by atoms with Crippen LogP contribution in [0.5, 0.6) is 0 Å². The van der Waals surface area contributed by atoms with Gasteiger partial charge in [0, 0.05) is 34.3 Å². The number of hydrogen-bond donors (Lipinski definition) is 2. The molecule has 2 N–H and O–H groups in total. The van der Waals surface area contributed by atoms with Crippen molar-refractivity contribution in [2.24, 2.45) is 5.92 Å². The molecule has 0 radical (unpaired) electrons. The van der Waals surface area contributed by atoms with E-state index >= 15 is 0 Å². The van der Waals surface area contributed by atoms with Crippen LogP contribution in [0, 0.1) is 5.92 Å². The van der Waals surface area contributed by atoms with Crippen molar-refractivity contribution in [2.45, 2.75) is 19.8 Å². The number of piperidine rings is 1. The van der Waals surface area contributed by atoms with E-state index < -0.39 is 0 Å². The van der Waals surface area contributed by atoms with Gasteiger partial charge < -0.3 is 10.6 Å². The summed E-state index contributed by atoms with van der Waals surface area (Å²) in [4.78, 5) is 39.1. The quantitative estimate of drug-likeness (QED) is 0.661. The van der Waals surface area contributed by atoms with Crippen LogP contribution in [0.2, 0.25) is 5.02 Å². The zero-order valence-corrected chi connectivity index (χ0v) is 17.7. The van der Waals surface area contributed by atoms with Gasteiger partial charge in [0.1, 0.15) is 0 Å². The zero-order valence-electron chi connectivity index (χ0n) is 17.0. The van der Waals surface area contributed by atoms with E-state index in [0.29, 0.717) is 41.5 Å². The Kier molecular flexibility index (Phi) is 7.60. The first-order chi connectivity index (χ1) is 14.5. The lowest BCUT2D eigenvalue weighted by Crippen LogP contribution is -2.40. The molecule has 1 saturated heterocycles. The number of halogens is 1. The SMILES string of the molecule is CCNC(=O)c1cccc(NC(=O)CN2CCC(C(=O)c3ccc(Cl)cc3)CC2)c1. The van der Waals surface area contributed by atoms with Crippen molar-refractivity contribution in [3.05, 3.63) is 64.7 Å². The number of carbonyl (C=O) groups is 3. The van der Waals surface area contributed by atoms with Gasteiger partial charge in [0.2, 0.25) is 5.91 Å². The minimum absolute atomic E-state index is 0.0285. The van der Waals surface area contributed by atoms with E-state index in [1.165, 1.54) is 0 Å². The Morgan fingerprint density at radius 3 is 2.40 bits per heavy atom. The van der Waals surface area contributed by atoms with Crippen LogP contribution in [-0.2, 0) is 4.79 Å². The van der Waals surface area contributed by atoms with E-state index in [2.05, 4.69) is 15.5 Å². The monoisotopic (exact) mass is 427 g/mol. The molecule has 0 atom stereocenters. The van der Waals surface area contributed by atoms with E-state index in [-0.39, 0.29) is 30.1 Å². The Morgan fingerprint density at radius 2 is 1.73 bits per heavy atom. The second kappa shape index (κ2) is 10.4. The van der Waals surface area contributed by atoms with Gasteiger partial charge in [-0.1, -0.05) is 17.7 Å². The maximum atomic E-state index is 12.6. The first-order valence-corrected chi connectivity index (χ1v) is 10.5. The maximum absolute atomic E-state index is 12.6. The molecule has 7 heteroatoms. The molecule has 158 valence electrons. The van der Waals surface area contributed by atoms with Gasteiger partial charge in [0.25, 0.3) is 5.91 Å². The highest BCUT2D eigenvalue weighted by atomic mass is 35.5. The van der Waals surface area contributed by atoms with Crippen molar-refractivity contribution < 1.29 is 14.4 Å². The van der Waals surface area contributed by atoms with Crippen LogP contribution in [0.4, 0.5) is 5.69 Å². The fourth-order valence-electron chi connectivity index (χ4n) is 3.61. The summed E-state index contributed by atoms with van der Waals surface area (Å²) in [6.45, 7) is 4.04. The summed E-state index contributed by atoms with van der Waals surface area (Å²) in [5.74, 6) is -0.191. The summed E-state index contributed by atoms with van der Waals surface area (Å²) in [7, 11) is 0. The highest BCUT2D eigenvalue weighted by Gasteiger charge is 2.26. The number of nitrogens with zero attached hydrogens (tertiary/aromatic N) is 1. The van der Waals surface area contributed by atoms with E-state index in [4.69, 9.17) is 11.6 Å². The highest BCUT2D eigenvalue weighted by molar-refractivity contribution is 6.30. The molecule has 1 fully saturated rings. The lowest BCUT2D eigenvalue weighted by atomic mass is 9.89. The molecule has 3 rings (SSSR count). The molecular formula is C23H26ClN3O3. The van der Waals surface area contributed by atoms with Crippen LogP contribution in [-0.4, -0.2) is 48.7 Å². The molecule has 2 aromatic carbocycles. The fraction of sp³-hybridized carbons (Fsp3) is 0.348. The van der Waals surface area contributed by atoms with Crippen molar-refractivity contribution in [3.8, 4) is 0 Å². The number of anilines is 1. The summed E-state index contributed by atoms with van der Waals surface area (Å²) in [5.41, 5.74) is 1.79. The standard InChI is InChI=1S/C23H26ClN3O3/c1-2-25-23(30)18-4-3-5-20(14-18)26-21(28)15-27-12-10-17(11-13-27)22(29)16-6-8-19(24)9-7-16/h3-9,14,17H,2,10-13,15H2,1H3,(H,25,30)(H,26,28). The molecule has 1 heterocycles. The largest absolute Gasteiger partial charge is 0.352 e. The van der Waals surface area contributed by atoms with E-state index in [0.717, 1.165) is 12.8 Å². The number of ketones is 1. The van der Waals surface area contributed by atoms with Crippen molar-refractivity contribution >= 4 is 34.9 Å². The van der Waals surface area contributed by atoms with Gasteiger partial charge in [-0.05, 0) is 75.3 Å². The van der Waals surface area contributed by atoms with Gasteiger partial charge in [0.15, 0.2) is 5.78 Å². The molecular weight excluding hydrogens is 402 g/mol. The lowest BCUT2D eigenvalue weighted by Gasteiger charge is -2.30. The van der Waals surface area contributed by atoms with Crippen LogP contribution in [0.3, 0.4) is 0 Å². The van der Waals surface area contributed by atoms with E-state index in [1.807, 2.05) is 6.92 Å². The number of amides is 2. The first-order valence-electron chi connectivity index (χ1n) is 10.2. The Morgan fingerprint density at radius 1 is 1.03 bits per heavy atom. The molecule has 1 aliphatic heterocycles. The molecule has 30 heavy (non-hydrogen) atoms. The third-order valence-corrected chi connectivity index (χ3v) is 5.45. The van der Waals surface area contributed by atoms with Gasteiger partial charge >= 0.3 is 0 Å². The summed E-state index contributed by atoms with van der Waals surface area (Å²) in [6.07, 6.45) is 1.45. The Hall–Kier alpha value is -2.70. The Balaban J connectivity index is 1.48. The minimum atomic E-state index is -0.166. The third kappa shape index (κ3) is 5.90. The predicted molar refractivity (Wildman–Crippen MR) is 118 cm³/mol. The molecule has 1 aliphatic rings. The number of carbonyl (C=O) groups excluding carboxylic acids is 3. The van der Waals surface area contributed by atoms with Crippen LogP contribution < -0.4 is 10.6 Å². The average molecular weight is 428 g/mol. The molecule has 0 unspecified atom stereocenters. The third-order valence-electron chi connectivity index (χ3n) is 5.20. The molecule has 2 aromatic rings. The van der Waals surface area contributed by atoms with Crippen molar-refractivity contribution in [1.82, 2.24) is 10.2 Å². The van der Waals surface area contributed by atoms with E-state index in [1.54, 1.807) is 48.5 Å². The second-order valence-corrected chi connectivity index (χ2v) is 7.85. The molecule has 0 aliphatic carbocycles. The summed E-state index contributed by atoms with van der Waals surface area (Å²) >= 11 is 5.89. The topological polar surface area (TPSA) is 78.5 Å². The van der Waals surface area contributed by atoms with Crippen molar-refractivity contribution in [2.75, 3.05) is 31.5 Å². The van der Waals surface area contributed by atoms with Gasteiger partial charge in [-0.25, -0.2) is 0 Å². The summed E-state index contributed by atoms with van der Waals surface area (Å²) in [6, 6.07) is 13.9. The lowest BCUT2D eigenvalue weighted by molar-refractivity contribution is -0.117. The first kappa shape index (κ1) is 22.0. The number of nitrogens with one attached hydrogen (secondary N) is 2. The van der Waals surface area contributed by atoms with Gasteiger partial charge in [0.05, 0.1) is 6.54 Å². The minimum Gasteiger partial charge on any atom is -0.352 e. The second-order valence-electron chi connectivity index (χ2n) is 7.41. The zero-order chi connectivity index (χ0) is 21.5. The Bertz CT molecular complexity index is 906. The number of likely N-dealkylation sites (tertiary alicyclic amines) is 1. The van der Waals surface area contributed by atoms with E-state index in [9.17, 15) is 14.4 Å². The van der Waals surface area contributed by atoms with Crippen LogP contribution in [0.15, 0.2) is 48.5 Å². The van der Waals surface area contributed by atoms with Crippen LogP contribution in [0.1, 0.15) is 40.5 Å². The van der Waals surface area contributed by atoms with Gasteiger partial charge in [-0.2, -0.15) is 0 Å². The predicted octanol–water partition coefficient (Wildman–Crippen LogP) is 3.62. The molecule has 0 bridgehead atoms. The molecule has 6 nitrogen and oxygen atoms in total. The normalized spacial score (nSPS) is 14.9. The van der Waals surface area contributed by atoms with Gasteiger partial charge in [-0.15, -0.1) is 0 Å². The number of benzene rings is 2. The number of Topliss-reactive ketones (excluding diaryl/α,β-unsaturated/α-hetero) is 1. The molecule has 0 spiro atoms. The maximum Gasteiger partial charge on any atom is 0.251 e. The molecule has 2 amide bonds. The smallest absolute Gasteiger partial charge is 0.251 e. The molecule has 0 aromatic heterocycles. The van der Waals surface area contributed by atoms with Crippen molar-refractivity contribution in [1.29, 1.82) is 0 Å². The number of rotatable bonds is 7. The summed E-state index contributed by atoms with van der Waals surface area (Å²) < 4.78 is 0. The number of hydrogen-bond acceptors (Lipinski definition) is 4. The van der Waals surface area contributed by atoms with Crippen LogP contribution in [0.25, 0.3) is 0 Å².